The molecule has 0 atom stereocenters. The molecule has 0 aliphatic heterocycles. The molecule has 0 aromatic heterocycles. The highest BCUT2D eigenvalue weighted by atomic mass is 32.2. The van der Waals surface area contributed by atoms with Gasteiger partial charge in [0, 0.05) is 12.2 Å². The van der Waals surface area contributed by atoms with E-state index in [0.29, 0.717) is 11.4 Å². The summed E-state index contributed by atoms with van der Waals surface area (Å²) in [5.74, 6) is 0.928. The Bertz CT molecular complexity index is 287. The van der Waals surface area contributed by atoms with E-state index in [1.165, 1.54) is 19.3 Å². The van der Waals surface area contributed by atoms with Crippen molar-refractivity contribution in [3.8, 4) is 0 Å². The molecule has 1 amide bonds. The number of hydrogen-bond acceptors (Lipinski definition) is 3. The third-order valence-corrected chi connectivity index (χ3v) is 4.59. The van der Waals surface area contributed by atoms with Crippen LogP contribution < -0.4 is 11.1 Å². The van der Waals surface area contributed by atoms with Crippen molar-refractivity contribution in [2.75, 3.05) is 12.0 Å². The smallest absolute Gasteiger partial charge is 0.221 e. The molecular weight excluding hydrogens is 264 g/mol. The lowest BCUT2D eigenvalue weighted by Gasteiger charge is -2.35. The molecule has 1 aliphatic rings. The minimum Gasteiger partial charge on any atom is -0.391 e. The standard InChI is InChI=1S/C13H24N2OS2/c1-18-10-7-11(16)15-13(12(14)17)8-5-3-2-4-6-9-13/h2-10H2,1H3,(H2,14,17)(H,15,16). The molecule has 0 aromatic carbocycles. The fourth-order valence-corrected chi connectivity index (χ4v) is 3.11. The van der Waals surface area contributed by atoms with Crippen molar-refractivity contribution in [2.45, 2.75) is 56.9 Å². The predicted molar refractivity (Wildman–Crippen MR) is 83.0 cm³/mol. The number of carbonyl (C=O) groups excluding carboxylic acids is 1. The van der Waals surface area contributed by atoms with E-state index < -0.39 is 5.54 Å². The van der Waals surface area contributed by atoms with Gasteiger partial charge in [-0.2, -0.15) is 11.8 Å². The summed E-state index contributed by atoms with van der Waals surface area (Å²) in [6.45, 7) is 0. The maximum absolute atomic E-state index is 11.9. The van der Waals surface area contributed by atoms with Crippen molar-refractivity contribution < 1.29 is 4.79 Å². The van der Waals surface area contributed by atoms with Gasteiger partial charge in [-0.1, -0.05) is 44.3 Å². The SMILES string of the molecule is CSCCC(=O)NC1(C(N)=S)CCCCCCC1. The lowest BCUT2D eigenvalue weighted by Crippen LogP contribution is -2.57. The number of nitrogens with two attached hydrogens (primary N) is 1. The van der Waals surface area contributed by atoms with E-state index in [0.717, 1.165) is 31.4 Å². The Morgan fingerprint density at radius 1 is 1.28 bits per heavy atom. The van der Waals surface area contributed by atoms with Gasteiger partial charge in [0.1, 0.15) is 0 Å². The van der Waals surface area contributed by atoms with Crippen molar-refractivity contribution in [3.05, 3.63) is 0 Å². The van der Waals surface area contributed by atoms with Crippen molar-refractivity contribution in [3.63, 3.8) is 0 Å². The molecule has 0 saturated heterocycles. The average Bonchev–Trinajstić information content (AvgIpc) is 2.29. The minimum absolute atomic E-state index is 0.0812. The molecule has 0 aromatic rings. The molecule has 5 heteroatoms. The molecule has 0 heterocycles. The van der Waals surface area contributed by atoms with E-state index in [4.69, 9.17) is 18.0 Å². The molecule has 104 valence electrons. The lowest BCUT2D eigenvalue weighted by molar-refractivity contribution is -0.122. The molecule has 1 fully saturated rings. The quantitative estimate of drug-likeness (QED) is 0.764. The summed E-state index contributed by atoms with van der Waals surface area (Å²) < 4.78 is 0. The number of rotatable bonds is 5. The number of nitrogens with one attached hydrogen (secondary N) is 1. The van der Waals surface area contributed by atoms with Crippen molar-refractivity contribution in [1.82, 2.24) is 5.32 Å². The topological polar surface area (TPSA) is 55.1 Å². The van der Waals surface area contributed by atoms with Crippen LogP contribution in [0.15, 0.2) is 0 Å². The van der Waals surface area contributed by atoms with E-state index in [1.54, 1.807) is 11.8 Å². The van der Waals surface area contributed by atoms with Crippen LogP contribution in [0, 0.1) is 0 Å². The van der Waals surface area contributed by atoms with Crippen LogP contribution in [-0.4, -0.2) is 28.4 Å². The molecule has 3 nitrogen and oxygen atoms in total. The fraction of sp³-hybridized carbons (Fsp3) is 0.846. The molecule has 0 radical (unpaired) electrons. The van der Waals surface area contributed by atoms with E-state index in [2.05, 4.69) is 5.32 Å². The highest BCUT2D eigenvalue weighted by Gasteiger charge is 2.34. The Morgan fingerprint density at radius 3 is 2.33 bits per heavy atom. The third kappa shape index (κ3) is 4.76. The summed E-state index contributed by atoms with van der Waals surface area (Å²) in [5.41, 5.74) is 5.49. The maximum Gasteiger partial charge on any atom is 0.221 e. The first-order valence-electron chi connectivity index (χ1n) is 6.70. The Balaban J connectivity index is 2.65. The first-order chi connectivity index (χ1) is 8.60. The number of amides is 1. The first kappa shape index (κ1) is 15.8. The van der Waals surface area contributed by atoms with Crippen LogP contribution in [0.25, 0.3) is 0 Å². The second-order valence-electron chi connectivity index (χ2n) is 5.01. The Morgan fingerprint density at radius 2 is 1.83 bits per heavy atom. The Labute approximate surface area is 120 Å². The zero-order valence-electron chi connectivity index (χ0n) is 11.2. The zero-order valence-corrected chi connectivity index (χ0v) is 12.8. The summed E-state index contributed by atoms with van der Waals surface area (Å²) in [7, 11) is 0. The van der Waals surface area contributed by atoms with Crippen molar-refractivity contribution >= 4 is 34.9 Å². The Hall–Kier alpha value is -0.290. The second kappa shape index (κ2) is 8.00. The highest BCUT2D eigenvalue weighted by molar-refractivity contribution is 7.98. The van der Waals surface area contributed by atoms with Crippen molar-refractivity contribution in [1.29, 1.82) is 0 Å². The van der Waals surface area contributed by atoms with Gasteiger partial charge >= 0.3 is 0 Å². The van der Waals surface area contributed by atoms with Crippen LogP contribution in [-0.2, 0) is 4.79 Å². The first-order valence-corrected chi connectivity index (χ1v) is 8.51. The number of thioether (sulfide) groups is 1. The van der Waals surface area contributed by atoms with Gasteiger partial charge in [0.15, 0.2) is 0 Å². The maximum atomic E-state index is 11.9. The molecular formula is C13H24N2OS2. The van der Waals surface area contributed by atoms with Crippen molar-refractivity contribution in [2.24, 2.45) is 5.73 Å². The van der Waals surface area contributed by atoms with Crippen LogP contribution >= 0.6 is 24.0 Å². The molecule has 0 spiro atoms. The lowest BCUT2D eigenvalue weighted by atomic mass is 9.83. The van der Waals surface area contributed by atoms with Gasteiger partial charge < -0.3 is 11.1 Å². The molecule has 1 rings (SSSR count). The normalized spacial score (nSPS) is 19.6. The van der Waals surface area contributed by atoms with Crippen LogP contribution in [0.3, 0.4) is 0 Å². The average molecular weight is 288 g/mol. The van der Waals surface area contributed by atoms with Crippen LogP contribution in [0.1, 0.15) is 51.4 Å². The van der Waals surface area contributed by atoms with Gasteiger partial charge in [0.2, 0.25) is 5.91 Å². The van der Waals surface area contributed by atoms with Gasteiger partial charge in [0.05, 0.1) is 10.5 Å². The number of thiocarbonyl (C=S) groups is 1. The molecule has 3 N–H and O–H groups in total. The summed E-state index contributed by atoms with van der Waals surface area (Å²) in [6.07, 6.45) is 10.3. The van der Waals surface area contributed by atoms with E-state index in [9.17, 15) is 4.79 Å². The molecule has 1 saturated carbocycles. The third-order valence-electron chi connectivity index (χ3n) is 3.59. The molecule has 18 heavy (non-hydrogen) atoms. The van der Waals surface area contributed by atoms with Gasteiger partial charge in [-0.05, 0) is 19.1 Å². The van der Waals surface area contributed by atoms with Crippen LogP contribution in [0.5, 0.6) is 0 Å². The van der Waals surface area contributed by atoms with E-state index in [1.807, 2.05) is 6.26 Å². The van der Waals surface area contributed by atoms with Gasteiger partial charge in [-0.3, -0.25) is 4.79 Å². The zero-order chi connectivity index (χ0) is 13.4. The highest BCUT2D eigenvalue weighted by Crippen LogP contribution is 2.27. The van der Waals surface area contributed by atoms with E-state index >= 15 is 0 Å². The number of carbonyl (C=O) groups is 1. The summed E-state index contributed by atoms with van der Waals surface area (Å²) in [4.78, 5) is 12.4. The largest absolute Gasteiger partial charge is 0.391 e. The van der Waals surface area contributed by atoms with Crippen LogP contribution in [0.4, 0.5) is 0 Å². The summed E-state index contributed by atoms with van der Waals surface area (Å²) in [5, 5.41) is 3.12. The monoisotopic (exact) mass is 288 g/mol. The summed E-state index contributed by atoms with van der Waals surface area (Å²) in [6, 6.07) is 0. The molecule has 1 aliphatic carbocycles. The van der Waals surface area contributed by atoms with Gasteiger partial charge in [-0.25, -0.2) is 0 Å². The van der Waals surface area contributed by atoms with Crippen LogP contribution in [0.2, 0.25) is 0 Å². The Kier molecular flexibility index (Phi) is 7.00. The summed E-state index contributed by atoms with van der Waals surface area (Å²) >= 11 is 6.90. The molecule has 0 bridgehead atoms. The van der Waals surface area contributed by atoms with Gasteiger partial charge in [-0.15, -0.1) is 0 Å². The number of hydrogen-bond donors (Lipinski definition) is 2. The second-order valence-corrected chi connectivity index (χ2v) is 6.43. The van der Waals surface area contributed by atoms with E-state index in [-0.39, 0.29) is 5.91 Å². The molecule has 0 unspecified atom stereocenters. The predicted octanol–water partition coefficient (Wildman–Crippen LogP) is 2.62. The van der Waals surface area contributed by atoms with Gasteiger partial charge in [0.25, 0.3) is 0 Å². The minimum atomic E-state index is -0.425. The fourth-order valence-electron chi connectivity index (χ4n) is 2.47.